The molecule has 0 aliphatic rings. The third kappa shape index (κ3) is 13.1. The van der Waals surface area contributed by atoms with Crippen LogP contribution in [0.1, 0.15) is 11.4 Å². The molecule has 356 valence electrons. The van der Waals surface area contributed by atoms with Crippen molar-refractivity contribution < 1.29 is 53.2 Å². The van der Waals surface area contributed by atoms with Crippen molar-refractivity contribution in [2.75, 3.05) is 0 Å². The van der Waals surface area contributed by atoms with Crippen molar-refractivity contribution in [3.05, 3.63) is 157 Å². The number of alkyl halides is 6. The SMILES string of the molecule is FC(F)(F)c1cc(-c2ccc(Br)s2)n(-c2cc(Cl)ccc2Cl)n1.NS(=O)(=O)c1cccc(-c2ccc(-c3cc(C(F)(F)F)nn3-c3cc(Cl)ccc3Cl)s2)c1.NS(=O)(=O)c1cccc(B(O)O)c1. The van der Waals surface area contributed by atoms with E-state index in [4.69, 9.17) is 66.7 Å². The first-order chi connectivity index (χ1) is 31.6. The molecule has 0 saturated heterocycles. The number of nitrogens with zero attached hydrogens (tertiary/aromatic N) is 4. The Kier molecular flexibility index (Phi) is 16.4. The highest BCUT2D eigenvalue weighted by Gasteiger charge is 2.37. The van der Waals surface area contributed by atoms with Gasteiger partial charge in [-0.25, -0.2) is 36.5 Å². The maximum atomic E-state index is 13.4. The predicted molar refractivity (Wildman–Crippen MR) is 256 cm³/mol. The van der Waals surface area contributed by atoms with Crippen LogP contribution in [-0.4, -0.2) is 53.6 Å². The monoisotopic (exact) mass is 1160 g/mol. The van der Waals surface area contributed by atoms with Gasteiger partial charge >= 0.3 is 19.5 Å². The topological polar surface area (TPSA) is 196 Å². The van der Waals surface area contributed by atoms with Gasteiger partial charge in [0, 0.05) is 14.9 Å². The molecule has 4 aromatic heterocycles. The van der Waals surface area contributed by atoms with Gasteiger partial charge in [-0.3, -0.25) is 0 Å². The summed E-state index contributed by atoms with van der Waals surface area (Å²) >= 11 is 30.0. The first-order valence-corrected chi connectivity index (χ1v) is 25.4. The minimum absolute atomic E-state index is 0.0694. The van der Waals surface area contributed by atoms with Crippen molar-refractivity contribution >= 4 is 118 Å². The predicted octanol–water partition coefficient (Wildman–Crippen LogP) is 10.9. The average Bonchev–Trinajstić information content (AvgIpc) is 4.09. The molecule has 4 aromatic carbocycles. The van der Waals surface area contributed by atoms with Crippen molar-refractivity contribution in [1.82, 2.24) is 19.6 Å². The maximum Gasteiger partial charge on any atom is 0.488 e. The average molecular weight is 1160 g/mol. The summed E-state index contributed by atoms with van der Waals surface area (Å²) in [5.74, 6) is 0. The molecule has 4 heterocycles. The number of thiophene rings is 2. The summed E-state index contributed by atoms with van der Waals surface area (Å²) in [6.45, 7) is 0. The lowest BCUT2D eigenvalue weighted by atomic mass is 9.81. The minimum Gasteiger partial charge on any atom is -0.423 e. The molecular weight excluding hydrogens is 1140 g/mol. The fourth-order valence-corrected chi connectivity index (χ4v) is 10.1. The summed E-state index contributed by atoms with van der Waals surface area (Å²) in [5.41, 5.74) is -0.521. The Morgan fingerprint density at radius 2 is 1.01 bits per heavy atom. The molecule has 0 unspecified atom stereocenters. The van der Waals surface area contributed by atoms with Crippen LogP contribution in [0.5, 0.6) is 0 Å². The highest BCUT2D eigenvalue weighted by molar-refractivity contribution is 9.11. The van der Waals surface area contributed by atoms with Crippen LogP contribution in [0.15, 0.2) is 135 Å². The Bertz CT molecular complexity index is 3370. The molecule has 12 nitrogen and oxygen atoms in total. The summed E-state index contributed by atoms with van der Waals surface area (Å²) < 4.78 is 127. The van der Waals surface area contributed by atoms with Gasteiger partial charge in [0.15, 0.2) is 11.4 Å². The second-order valence-corrected chi connectivity index (χ2v) is 22.0. The van der Waals surface area contributed by atoms with Crippen molar-refractivity contribution in [1.29, 1.82) is 0 Å². The molecule has 0 radical (unpaired) electrons. The molecule has 0 bridgehead atoms. The normalized spacial score (nSPS) is 12.0. The first kappa shape index (κ1) is 53.1. The van der Waals surface area contributed by atoms with Crippen LogP contribution in [0.25, 0.3) is 43.0 Å². The number of halogens is 11. The molecule has 0 fully saturated rings. The van der Waals surface area contributed by atoms with Gasteiger partial charge in [0.05, 0.1) is 56.1 Å². The van der Waals surface area contributed by atoms with Crippen LogP contribution < -0.4 is 15.7 Å². The third-order valence-electron chi connectivity index (χ3n) is 8.89. The fraction of sp³-hybridized carbons (Fsp3) is 0.0500. The van der Waals surface area contributed by atoms with E-state index in [-0.39, 0.29) is 53.1 Å². The van der Waals surface area contributed by atoms with Crippen molar-refractivity contribution in [3.8, 4) is 43.0 Å². The molecule has 68 heavy (non-hydrogen) atoms. The second kappa shape index (κ2) is 21.0. The molecule has 6 N–H and O–H groups in total. The smallest absolute Gasteiger partial charge is 0.423 e. The van der Waals surface area contributed by atoms with Gasteiger partial charge in [-0.05, 0) is 124 Å². The Morgan fingerprint density at radius 3 is 1.46 bits per heavy atom. The number of aromatic nitrogens is 4. The molecule has 8 aromatic rings. The molecule has 0 spiro atoms. The molecular formula is C40H26BBrCl4F6N6O6S4. The molecule has 0 atom stereocenters. The number of hydrogen-bond acceptors (Lipinski definition) is 10. The molecule has 0 aliphatic carbocycles. The van der Waals surface area contributed by atoms with E-state index in [1.54, 1.807) is 36.4 Å². The lowest BCUT2D eigenvalue weighted by molar-refractivity contribution is -0.142. The van der Waals surface area contributed by atoms with E-state index in [2.05, 4.69) is 26.1 Å². The zero-order valence-electron chi connectivity index (χ0n) is 33.4. The van der Waals surface area contributed by atoms with Crippen LogP contribution in [0, 0.1) is 0 Å². The molecule has 0 amide bonds. The van der Waals surface area contributed by atoms with Crippen LogP contribution in [0.3, 0.4) is 0 Å². The van der Waals surface area contributed by atoms with Gasteiger partial charge in [0.2, 0.25) is 20.0 Å². The van der Waals surface area contributed by atoms with E-state index in [1.807, 2.05) is 0 Å². The van der Waals surface area contributed by atoms with Crippen LogP contribution in [-0.2, 0) is 32.4 Å². The Hall–Kier alpha value is -4.28. The first-order valence-electron chi connectivity index (χ1n) is 18.3. The van der Waals surface area contributed by atoms with E-state index in [1.165, 1.54) is 78.1 Å². The summed E-state index contributed by atoms with van der Waals surface area (Å²) in [7, 11) is -9.38. The number of rotatable bonds is 8. The van der Waals surface area contributed by atoms with Crippen molar-refractivity contribution in [2.24, 2.45) is 10.3 Å². The van der Waals surface area contributed by atoms with Crippen molar-refractivity contribution in [3.63, 3.8) is 0 Å². The summed E-state index contributed by atoms with van der Waals surface area (Å²) in [6, 6.07) is 28.8. The molecule has 8 rings (SSSR count). The zero-order valence-corrected chi connectivity index (χ0v) is 41.3. The molecule has 0 saturated carbocycles. The quantitative estimate of drug-likeness (QED) is 0.0851. The Balaban J connectivity index is 0.000000184. The van der Waals surface area contributed by atoms with Gasteiger partial charge in [-0.15, -0.1) is 22.7 Å². The Morgan fingerprint density at radius 1 is 0.574 bits per heavy atom. The van der Waals surface area contributed by atoms with Crippen LogP contribution in [0.4, 0.5) is 26.3 Å². The number of benzene rings is 4. The lowest BCUT2D eigenvalue weighted by Gasteiger charge is -2.09. The molecule has 0 aliphatic heterocycles. The van der Waals surface area contributed by atoms with Gasteiger partial charge in [-0.2, -0.15) is 36.5 Å². The number of nitrogens with two attached hydrogens (primary N) is 2. The number of sulfonamides is 2. The minimum atomic E-state index is -4.67. The number of primary sulfonamides is 2. The van der Waals surface area contributed by atoms with E-state index < -0.39 is 50.9 Å². The maximum absolute atomic E-state index is 13.4. The molecule has 28 heteroatoms. The highest BCUT2D eigenvalue weighted by Crippen LogP contribution is 2.41. The second-order valence-electron chi connectivity index (χ2n) is 13.7. The van der Waals surface area contributed by atoms with Gasteiger partial charge < -0.3 is 10.0 Å². The fourth-order valence-electron chi connectivity index (χ4n) is 5.81. The van der Waals surface area contributed by atoms with E-state index in [0.29, 0.717) is 25.2 Å². The number of hydrogen-bond donors (Lipinski definition) is 4. The Labute approximate surface area is 419 Å². The standard InChI is InChI=1S/C20H12Cl2F3N3O2S2.C14H6BrCl2F3N2S.C6H8BNO4S/c21-12-4-5-14(22)15(9-12)28-16(10-19(27-28)20(23,24)25)18-7-6-17(31-18)11-2-1-3-13(8-11)32(26,29)30;15-13-4-3-11(23-13)10-6-12(14(18,19)20)21-22(10)9-5-7(16)1-2-8(9)17;8-13(11,12)6-3-1-2-5(4-6)7(9)10/h1-10H,(H2,26,29,30);1-6H;1-4,9-10H,(H2,8,11,12). The van der Waals surface area contributed by atoms with Gasteiger partial charge in [-0.1, -0.05) is 70.7 Å². The van der Waals surface area contributed by atoms with E-state index in [9.17, 15) is 43.2 Å². The highest BCUT2D eigenvalue weighted by atomic mass is 79.9. The third-order valence-corrected chi connectivity index (χ3v) is 14.6. The summed E-state index contributed by atoms with van der Waals surface area (Å²) in [4.78, 5) is 1.50. The van der Waals surface area contributed by atoms with Gasteiger partial charge in [0.1, 0.15) is 0 Å². The lowest BCUT2D eigenvalue weighted by Crippen LogP contribution is -2.30. The van der Waals surface area contributed by atoms with E-state index >= 15 is 0 Å². The summed E-state index contributed by atoms with van der Waals surface area (Å²) in [6.07, 6.45) is -9.23. The van der Waals surface area contributed by atoms with Gasteiger partial charge in [0.25, 0.3) is 0 Å². The van der Waals surface area contributed by atoms with Crippen LogP contribution >= 0.6 is 85.0 Å². The van der Waals surface area contributed by atoms with Crippen molar-refractivity contribution in [2.45, 2.75) is 22.1 Å². The zero-order chi connectivity index (χ0) is 50.1. The van der Waals surface area contributed by atoms with Crippen LogP contribution in [0.2, 0.25) is 20.1 Å². The summed E-state index contributed by atoms with van der Waals surface area (Å²) in [5, 5.41) is 35.9. The largest absolute Gasteiger partial charge is 0.488 e. The van der Waals surface area contributed by atoms with E-state index in [0.717, 1.165) is 42.7 Å².